The summed E-state index contributed by atoms with van der Waals surface area (Å²) in [5, 5.41) is 13.1. The molecular formula is C11H14FN3O5S. The minimum absolute atomic E-state index is 0.0139. The van der Waals surface area contributed by atoms with Gasteiger partial charge in [-0.25, -0.2) is 13.1 Å². The van der Waals surface area contributed by atoms with E-state index in [0.717, 1.165) is 13.0 Å². The zero-order valence-corrected chi connectivity index (χ0v) is 12.4. The zero-order chi connectivity index (χ0) is 16.4. The number of carbonyl (C=O) groups is 1. The minimum Gasteiger partial charge on any atom is -0.358 e. The van der Waals surface area contributed by atoms with Gasteiger partial charge in [-0.3, -0.25) is 14.9 Å². The maximum absolute atomic E-state index is 13.6. The van der Waals surface area contributed by atoms with E-state index in [0.29, 0.717) is 0 Å². The molecule has 0 fully saturated rings. The smallest absolute Gasteiger partial charge is 0.309 e. The van der Waals surface area contributed by atoms with Gasteiger partial charge in [-0.05, 0) is 25.5 Å². The summed E-state index contributed by atoms with van der Waals surface area (Å²) >= 11 is 0. The first kappa shape index (κ1) is 17.0. The van der Waals surface area contributed by atoms with Crippen molar-refractivity contribution in [3.63, 3.8) is 0 Å². The van der Waals surface area contributed by atoms with Gasteiger partial charge in [0.15, 0.2) is 0 Å². The number of rotatable bonds is 5. The van der Waals surface area contributed by atoms with Crippen LogP contribution in [0.5, 0.6) is 0 Å². The molecule has 0 radical (unpaired) electrons. The topological polar surface area (TPSA) is 118 Å². The van der Waals surface area contributed by atoms with Gasteiger partial charge in [-0.1, -0.05) is 0 Å². The number of halogens is 1. The van der Waals surface area contributed by atoms with Crippen molar-refractivity contribution in [3.8, 4) is 0 Å². The van der Waals surface area contributed by atoms with Crippen molar-refractivity contribution in [1.82, 2.24) is 10.0 Å². The van der Waals surface area contributed by atoms with E-state index in [9.17, 15) is 27.7 Å². The van der Waals surface area contributed by atoms with E-state index in [1.54, 1.807) is 0 Å². The Morgan fingerprint density at radius 2 is 2.00 bits per heavy atom. The van der Waals surface area contributed by atoms with Crippen LogP contribution in [-0.4, -0.2) is 32.8 Å². The SMILES string of the molecule is CNC(=O)CNS(=O)(=O)c1c(C)cc(F)c([N+](=O)[O-])c1C. The number of nitro benzene ring substituents is 1. The number of amides is 1. The molecule has 2 N–H and O–H groups in total. The molecule has 1 amide bonds. The van der Waals surface area contributed by atoms with Gasteiger partial charge in [0.05, 0.1) is 21.9 Å². The third-order valence-electron chi connectivity index (χ3n) is 2.78. The van der Waals surface area contributed by atoms with Crippen LogP contribution in [0.2, 0.25) is 0 Å². The van der Waals surface area contributed by atoms with Gasteiger partial charge in [0, 0.05) is 7.05 Å². The van der Waals surface area contributed by atoms with Gasteiger partial charge in [0.25, 0.3) is 0 Å². The van der Waals surface area contributed by atoms with E-state index >= 15 is 0 Å². The summed E-state index contributed by atoms with van der Waals surface area (Å²) < 4.78 is 39.9. The van der Waals surface area contributed by atoms with E-state index in [1.165, 1.54) is 14.0 Å². The van der Waals surface area contributed by atoms with Crippen LogP contribution in [0.1, 0.15) is 11.1 Å². The molecular weight excluding hydrogens is 305 g/mol. The van der Waals surface area contributed by atoms with Crippen LogP contribution in [0, 0.1) is 29.8 Å². The lowest BCUT2D eigenvalue weighted by atomic mass is 10.1. The molecule has 1 rings (SSSR count). The van der Waals surface area contributed by atoms with E-state index in [-0.39, 0.29) is 11.1 Å². The first-order valence-electron chi connectivity index (χ1n) is 5.76. The van der Waals surface area contributed by atoms with Crippen LogP contribution < -0.4 is 10.0 Å². The van der Waals surface area contributed by atoms with Crippen LogP contribution in [0.4, 0.5) is 10.1 Å². The highest BCUT2D eigenvalue weighted by Gasteiger charge is 2.29. The van der Waals surface area contributed by atoms with Gasteiger partial charge < -0.3 is 5.32 Å². The van der Waals surface area contributed by atoms with Crippen LogP contribution >= 0.6 is 0 Å². The highest BCUT2D eigenvalue weighted by Crippen LogP contribution is 2.30. The van der Waals surface area contributed by atoms with Crippen molar-refractivity contribution < 1.29 is 22.5 Å². The summed E-state index contributed by atoms with van der Waals surface area (Å²) in [4.78, 5) is 20.5. The molecule has 1 aromatic carbocycles. The summed E-state index contributed by atoms with van der Waals surface area (Å²) in [5.74, 6) is -1.69. The minimum atomic E-state index is -4.18. The number of nitrogens with one attached hydrogen (secondary N) is 2. The summed E-state index contributed by atoms with van der Waals surface area (Å²) in [5.41, 5.74) is -1.21. The Balaban J connectivity index is 3.39. The number of hydrogen-bond acceptors (Lipinski definition) is 5. The molecule has 0 bridgehead atoms. The fourth-order valence-electron chi connectivity index (χ4n) is 1.87. The molecule has 21 heavy (non-hydrogen) atoms. The first-order valence-corrected chi connectivity index (χ1v) is 7.24. The number of aryl methyl sites for hydroxylation is 1. The highest BCUT2D eigenvalue weighted by atomic mass is 32.2. The van der Waals surface area contributed by atoms with Crippen molar-refractivity contribution in [2.45, 2.75) is 18.7 Å². The number of nitro groups is 1. The summed E-state index contributed by atoms with van der Waals surface area (Å²) in [6.45, 7) is 1.93. The van der Waals surface area contributed by atoms with Crippen molar-refractivity contribution in [2.75, 3.05) is 13.6 Å². The molecule has 0 unspecified atom stereocenters. The molecule has 116 valence electrons. The molecule has 0 atom stereocenters. The second kappa shape index (κ2) is 6.14. The average Bonchev–Trinajstić information content (AvgIpc) is 2.34. The van der Waals surface area contributed by atoms with Crippen LogP contribution in [0.15, 0.2) is 11.0 Å². The number of carbonyl (C=O) groups excluding carboxylic acids is 1. The molecule has 0 spiro atoms. The normalized spacial score (nSPS) is 11.2. The van der Waals surface area contributed by atoms with Gasteiger partial charge in [0.1, 0.15) is 0 Å². The predicted octanol–water partition coefficient (Wildman–Crippen LogP) is 0.375. The van der Waals surface area contributed by atoms with Crippen LogP contribution in [-0.2, 0) is 14.8 Å². The predicted molar refractivity (Wildman–Crippen MR) is 71.8 cm³/mol. The summed E-state index contributed by atoms with van der Waals surface area (Å²) in [6.07, 6.45) is 0. The van der Waals surface area contributed by atoms with E-state index in [1.807, 2.05) is 4.72 Å². The molecule has 0 aromatic heterocycles. The number of likely N-dealkylation sites (N-methyl/N-ethyl adjacent to an activating group) is 1. The van der Waals surface area contributed by atoms with E-state index in [4.69, 9.17) is 0 Å². The largest absolute Gasteiger partial charge is 0.358 e. The van der Waals surface area contributed by atoms with Crippen molar-refractivity contribution in [3.05, 3.63) is 33.1 Å². The van der Waals surface area contributed by atoms with E-state index in [2.05, 4.69) is 5.32 Å². The van der Waals surface area contributed by atoms with Crippen molar-refractivity contribution in [2.24, 2.45) is 0 Å². The Hall–Kier alpha value is -2.07. The molecule has 0 heterocycles. The Morgan fingerprint density at radius 3 is 2.48 bits per heavy atom. The number of hydrogen-bond donors (Lipinski definition) is 2. The molecule has 10 heteroatoms. The number of nitrogens with zero attached hydrogens (tertiary/aromatic N) is 1. The summed E-state index contributed by atoms with van der Waals surface area (Å²) in [6, 6.07) is 0.777. The second-order valence-electron chi connectivity index (χ2n) is 4.23. The average molecular weight is 319 g/mol. The molecule has 0 saturated heterocycles. The monoisotopic (exact) mass is 319 g/mol. The van der Waals surface area contributed by atoms with Gasteiger partial charge in [-0.2, -0.15) is 4.39 Å². The lowest BCUT2D eigenvalue weighted by Crippen LogP contribution is -2.35. The Bertz CT molecular complexity index is 702. The third-order valence-corrected chi connectivity index (χ3v) is 4.47. The van der Waals surface area contributed by atoms with Crippen LogP contribution in [0.3, 0.4) is 0 Å². The van der Waals surface area contributed by atoms with Gasteiger partial charge in [0.2, 0.25) is 21.7 Å². The number of benzene rings is 1. The maximum atomic E-state index is 13.6. The molecule has 0 aliphatic rings. The van der Waals surface area contributed by atoms with Gasteiger partial charge in [-0.15, -0.1) is 0 Å². The lowest BCUT2D eigenvalue weighted by molar-refractivity contribution is -0.388. The second-order valence-corrected chi connectivity index (χ2v) is 5.94. The molecule has 8 nitrogen and oxygen atoms in total. The van der Waals surface area contributed by atoms with E-state index < -0.39 is 43.8 Å². The molecule has 0 aliphatic heterocycles. The molecule has 0 aliphatic carbocycles. The molecule has 1 aromatic rings. The molecule has 0 saturated carbocycles. The highest BCUT2D eigenvalue weighted by molar-refractivity contribution is 7.89. The standard InChI is InChI=1S/C11H14FN3O5S/c1-6-4-8(12)10(15(17)18)7(2)11(6)21(19,20)14-5-9(16)13-3/h4,14H,5H2,1-3H3,(H,13,16). The van der Waals surface area contributed by atoms with Crippen molar-refractivity contribution >= 4 is 21.6 Å². The summed E-state index contributed by atoms with van der Waals surface area (Å²) in [7, 11) is -2.85. The Kier molecular flexibility index (Phi) is 4.97. The fourth-order valence-corrected chi connectivity index (χ4v) is 3.31. The number of sulfonamides is 1. The fraction of sp³-hybridized carbons (Fsp3) is 0.364. The maximum Gasteiger partial charge on any atom is 0.309 e. The Labute approximate surface area is 120 Å². The quantitative estimate of drug-likeness (QED) is 0.600. The third kappa shape index (κ3) is 3.52. The Morgan fingerprint density at radius 1 is 1.43 bits per heavy atom. The zero-order valence-electron chi connectivity index (χ0n) is 11.6. The van der Waals surface area contributed by atoms with Crippen LogP contribution in [0.25, 0.3) is 0 Å². The van der Waals surface area contributed by atoms with Gasteiger partial charge >= 0.3 is 5.69 Å². The first-order chi connectivity index (χ1) is 9.61. The van der Waals surface area contributed by atoms with Crippen molar-refractivity contribution in [1.29, 1.82) is 0 Å². The lowest BCUT2D eigenvalue weighted by Gasteiger charge is -2.12.